The summed E-state index contributed by atoms with van der Waals surface area (Å²) in [5, 5.41) is 5.13. The Labute approximate surface area is 199 Å². The highest BCUT2D eigenvalue weighted by Gasteiger charge is 2.20. The summed E-state index contributed by atoms with van der Waals surface area (Å²) in [6, 6.07) is 7.99. The first-order chi connectivity index (χ1) is 14.9. The summed E-state index contributed by atoms with van der Waals surface area (Å²) in [6.45, 7) is 3.68. The SMILES string of the molecule is CCOC(=O)C(=O)Cl.CCOC(=O)C(=O)c1cc2sccc2s1.c1cc2sccc2s1. The Kier molecular flexibility index (Phi) is 10.3. The molecule has 0 aliphatic carbocycles. The van der Waals surface area contributed by atoms with E-state index in [1.807, 2.05) is 11.4 Å². The molecule has 0 aliphatic heterocycles. The number of carbonyl (C=O) groups is 4. The number of thiophene rings is 4. The number of Topliss-reactive ketones (excluding diaryl/α,β-unsaturated/α-hetero) is 1. The molecule has 0 bridgehead atoms. The monoisotopic (exact) mass is 516 g/mol. The van der Waals surface area contributed by atoms with Gasteiger partial charge in [0.1, 0.15) is 0 Å². The largest absolute Gasteiger partial charge is 0.460 e. The van der Waals surface area contributed by atoms with Crippen molar-refractivity contribution in [1.29, 1.82) is 0 Å². The van der Waals surface area contributed by atoms with Crippen molar-refractivity contribution in [1.82, 2.24) is 0 Å². The maximum Gasteiger partial charge on any atom is 0.391 e. The molecule has 6 nitrogen and oxygen atoms in total. The molecule has 164 valence electrons. The molecule has 0 saturated carbocycles. The standard InChI is InChI=1S/C10H8O3S2.C6H4S2.C4H5ClO3/c1-2-13-10(12)9(11)8-5-7-6(15-8)3-4-14-7;1-3-7-6-2-4-8-5(1)6;1-2-8-4(7)3(5)6/h3-5H,2H2,1H3;1-4H;2H2,1H3. The Morgan fingerprint density at radius 3 is 1.71 bits per heavy atom. The number of ketones is 1. The Morgan fingerprint density at radius 1 is 0.774 bits per heavy atom. The summed E-state index contributed by atoms with van der Waals surface area (Å²) in [5.41, 5.74) is 0. The lowest BCUT2D eigenvalue weighted by molar-refractivity contribution is -0.149. The lowest BCUT2D eigenvalue weighted by Crippen LogP contribution is -2.16. The second-order valence-electron chi connectivity index (χ2n) is 5.37. The van der Waals surface area contributed by atoms with Crippen molar-refractivity contribution in [2.24, 2.45) is 0 Å². The molecule has 0 aliphatic rings. The normalized spacial score (nSPS) is 9.90. The number of rotatable bonds is 5. The fourth-order valence-corrected chi connectivity index (χ4v) is 5.97. The third-order valence-electron chi connectivity index (χ3n) is 3.33. The zero-order valence-corrected chi connectivity index (χ0v) is 20.4. The molecule has 0 atom stereocenters. The lowest BCUT2D eigenvalue weighted by Gasteiger charge is -1.97. The number of ether oxygens (including phenoxy) is 2. The highest BCUT2D eigenvalue weighted by Crippen LogP contribution is 2.30. The van der Waals surface area contributed by atoms with Gasteiger partial charge in [-0.2, -0.15) is 0 Å². The average Bonchev–Trinajstić information content (AvgIpc) is 3.49. The van der Waals surface area contributed by atoms with Gasteiger partial charge in [0.2, 0.25) is 0 Å². The van der Waals surface area contributed by atoms with Crippen molar-refractivity contribution in [3.05, 3.63) is 45.3 Å². The fourth-order valence-electron chi connectivity index (χ4n) is 2.06. The van der Waals surface area contributed by atoms with E-state index in [0.717, 1.165) is 9.40 Å². The Bertz CT molecular complexity index is 1090. The quantitative estimate of drug-likeness (QED) is 0.140. The van der Waals surface area contributed by atoms with Gasteiger partial charge in [-0.15, -0.1) is 45.3 Å². The van der Waals surface area contributed by atoms with E-state index in [9.17, 15) is 19.2 Å². The van der Waals surface area contributed by atoms with Crippen molar-refractivity contribution in [3.63, 3.8) is 0 Å². The van der Waals surface area contributed by atoms with E-state index in [1.165, 1.54) is 20.7 Å². The first kappa shape index (κ1) is 25.2. The maximum atomic E-state index is 11.5. The summed E-state index contributed by atoms with van der Waals surface area (Å²) in [7, 11) is 0. The van der Waals surface area contributed by atoms with Crippen LogP contribution in [0.1, 0.15) is 23.5 Å². The topological polar surface area (TPSA) is 86.7 Å². The van der Waals surface area contributed by atoms with E-state index in [4.69, 9.17) is 11.6 Å². The van der Waals surface area contributed by atoms with E-state index in [0.29, 0.717) is 4.88 Å². The number of carbonyl (C=O) groups excluding carboxylic acids is 4. The van der Waals surface area contributed by atoms with Crippen LogP contribution >= 0.6 is 56.9 Å². The van der Waals surface area contributed by atoms with Crippen LogP contribution in [0.25, 0.3) is 18.8 Å². The average molecular weight is 517 g/mol. The van der Waals surface area contributed by atoms with E-state index in [2.05, 4.69) is 32.4 Å². The lowest BCUT2D eigenvalue weighted by atomic mass is 10.3. The minimum Gasteiger partial charge on any atom is -0.460 e. The Balaban J connectivity index is 0.000000181. The predicted molar refractivity (Wildman–Crippen MR) is 128 cm³/mol. The molecule has 0 spiro atoms. The molecule has 4 rings (SSSR count). The minimum absolute atomic E-state index is 0.178. The van der Waals surface area contributed by atoms with Gasteiger partial charge in [-0.05, 0) is 65.9 Å². The van der Waals surface area contributed by atoms with Crippen LogP contribution in [0.5, 0.6) is 0 Å². The van der Waals surface area contributed by atoms with Crippen LogP contribution in [-0.2, 0) is 23.9 Å². The van der Waals surface area contributed by atoms with E-state index in [-0.39, 0.29) is 13.2 Å². The van der Waals surface area contributed by atoms with Gasteiger partial charge in [0.05, 0.1) is 18.1 Å². The number of esters is 2. The van der Waals surface area contributed by atoms with Crippen LogP contribution in [0, 0.1) is 0 Å². The number of hydrogen-bond donors (Lipinski definition) is 0. The zero-order chi connectivity index (χ0) is 22.8. The molecule has 0 fully saturated rings. The Hall–Kier alpha value is -2.11. The summed E-state index contributed by atoms with van der Waals surface area (Å²) in [4.78, 5) is 43.0. The van der Waals surface area contributed by atoms with Crippen LogP contribution < -0.4 is 0 Å². The minimum atomic E-state index is -1.08. The van der Waals surface area contributed by atoms with Gasteiger partial charge in [0, 0.05) is 18.8 Å². The first-order valence-corrected chi connectivity index (χ1v) is 12.7. The summed E-state index contributed by atoms with van der Waals surface area (Å²) in [5.74, 6) is -2.31. The van der Waals surface area contributed by atoms with Crippen LogP contribution in [0.3, 0.4) is 0 Å². The van der Waals surface area contributed by atoms with Gasteiger partial charge in [-0.1, -0.05) is 0 Å². The molecule has 4 aromatic heterocycles. The van der Waals surface area contributed by atoms with Crippen molar-refractivity contribution in [2.45, 2.75) is 13.8 Å². The summed E-state index contributed by atoms with van der Waals surface area (Å²) < 4.78 is 13.7. The summed E-state index contributed by atoms with van der Waals surface area (Å²) in [6.07, 6.45) is 0. The van der Waals surface area contributed by atoms with Gasteiger partial charge in [0.25, 0.3) is 5.78 Å². The van der Waals surface area contributed by atoms with Crippen molar-refractivity contribution < 1.29 is 28.7 Å². The molecule has 0 saturated heterocycles. The van der Waals surface area contributed by atoms with Crippen LogP contribution in [0.4, 0.5) is 0 Å². The third kappa shape index (κ3) is 7.51. The van der Waals surface area contributed by atoms with Crippen molar-refractivity contribution >= 4 is 98.7 Å². The van der Waals surface area contributed by atoms with Crippen LogP contribution in [0.2, 0.25) is 0 Å². The molecular formula is C20H17ClO6S4. The van der Waals surface area contributed by atoms with E-state index < -0.39 is 23.0 Å². The first-order valence-electron chi connectivity index (χ1n) is 8.83. The van der Waals surface area contributed by atoms with Gasteiger partial charge < -0.3 is 9.47 Å². The van der Waals surface area contributed by atoms with Crippen LogP contribution in [0.15, 0.2) is 40.4 Å². The van der Waals surface area contributed by atoms with Crippen molar-refractivity contribution in [3.8, 4) is 0 Å². The molecule has 0 N–H and O–H groups in total. The predicted octanol–water partition coefficient (Wildman–Crippen LogP) is 5.99. The second kappa shape index (κ2) is 12.7. The highest BCUT2D eigenvalue weighted by molar-refractivity contribution is 7.28. The molecule has 0 radical (unpaired) electrons. The van der Waals surface area contributed by atoms with Crippen molar-refractivity contribution in [2.75, 3.05) is 13.2 Å². The molecule has 11 heteroatoms. The molecule has 0 unspecified atom stereocenters. The van der Waals surface area contributed by atoms with E-state index >= 15 is 0 Å². The smallest absolute Gasteiger partial charge is 0.391 e. The van der Waals surface area contributed by atoms with Gasteiger partial charge in [-0.25, -0.2) is 9.59 Å². The third-order valence-corrected chi connectivity index (χ3v) is 7.47. The number of halogens is 1. The highest BCUT2D eigenvalue weighted by atomic mass is 35.5. The fraction of sp³-hybridized carbons (Fsp3) is 0.200. The Morgan fingerprint density at radius 2 is 1.26 bits per heavy atom. The molecule has 4 aromatic rings. The van der Waals surface area contributed by atoms with E-state index in [1.54, 1.807) is 53.9 Å². The molecular weight excluding hydrogens is 500 g/mol. The van der Waals surface area contributed by atoms with Gasteiger partial charge >= 0.3 is 17.2 Å². The van der Waals surface area contributed by atoms with Crippen LogP contribution in [-0.4, -0.2) is 36.2 Å². The molecule has 4 heterocycles. The zero-order valence-electron chi connectivity index (χ0n) is 16.4. The molecule has 31 heavy (non-hydrogen) atoms. The maximum absolute atomic E-state index is 11.5. The molecule has 0 aromatic carbocycles. The van der Waals surface area contributed by atoms with Gasteiger partial charge in [-0.3, -0.25) is 9.59 Å². The molecule has 0 amide bonds. The number of fused-ring (bicyclic) bond motifs is 2. The number of hydrogen-bond acceptors (Lipinski definition) is 10. The summed E-state index contributed by atoms with van der Waals surface area (Å²) >= 11 is 11.2. The van der Waals surface area contributed by atoms with Gasteiger partial charge in [0.15, 0.2) is 0 Å². The second-order valence-corrected chi connectivity index (χ2v) is 9.64.